The van der Waals surface area contributed by atoms with Gasteiger partial charge in [-0.3, -0.25) is 10.1 Å². The number of nitro benzene ring substituents is 1. The van der Waals surface area contributed by atoms with Gasteiger partial charge in [0.15, 0.2) is 0 Å². The molecule has 1 rings (SSSR count). The Morgan fingerprint density at radius 2 is 1.93 bits per heavy atom. The first-order valence-corrected chi connectivity index (χ1v) is 5.05. The van der Waals surface area contributed by atoms with Gasteiger partial charge < -0.3 is 4.90 Å². The Morgan fingerprint density at radius 3 is 2.40 bits per heavy atom. The quantitative estimate of drug-likeness (QED) is 0.551. The van der Waals surface area contributed by atoms with E-state index in [0.717, 1.165) is 25.1 Å². The van der Waals surface area contributed by atoms with Crippen molar-refractivity contribution in [2.45, 2.75) is 19.9 Å². The summed E-state index contributed by atoms with van der Waals surface area (Å²) in [5, 5.41) is 10.4. The molecule has 0 saturated heterocycles. The standard InChI is InChI=1S/C11H16N2O2/c1-3-8-12(2)9-10-4-6-11(7-5-10)13(14)15/h4-7H,3,8-9H2,1-2H3. The molecule has 0 aromatic heterocycles. The lowest BCUT2D eigenvalue weighted by Gasteiger charge is -2.14. The van der Waals surface area contributed by atoms with Crippen LogP contribution in [-0.2, 0) is 6.54 Å². The largest absolute Gasteiger partial charge is 0.302 e. The van der Waals surface area contributed by atoms with Crippen LogP contribution in [0.1, 0.15) is 18.9 Å². The minimum atomic E-state index is -0.375. The van der Waals surface area contributed by atoms with E-state index < -0.39 is 0 Å². The van der Waals surface area contributed by atoms with Crippen molar-refractivity contribution in [3.63, 3.8) is 0 Å². The van der Waals surface area contributed by atoms with Crippen molar-refractivity contribution in [2.24, 2.45) is 0 Å². The van der Waals surface area contributed by atoms with Crippen molar-refractivity contribution in [1.29, 1.82) is 0 Å². The van der Waals surface area contributed by atoms with E-state index in [9.17, 15) is 10.1 Å². The predicted octanol–water partition coefficient (Wildman–Crippen LogP) is 2.44. The van der Waals surface area contributed by atoms with Crippen molar-refractivity contribution >= 4 is 5.69 Å². The Bertz CT molecular complexity index is 322. The van der Waals surface area contributed by atoms with Gasteiger partial charge in [-0.15, -0.1) is 0 Å². The molecule has 0 fully saturated rings. The summed E-state index contributed by atoms with van der Waals surface area (Å²) in [5.74, 6) is 0. The minimum Gasteiger partial charge on any atom is -0.302 e. The van der Waals surface area contributed by atoms with Gasteiger partial charge >= 0.3 is 0 Å². The molecule has 4 nitrogen and oxygen atoms in total. The average Bonchev–Trinajstić information content (AvgIpc) is 2.18. The molecule has 0 radical (unpaired) electrons. The summed E-state index contributed by atoms with van der Waals surface area (Å²) in [5.41, 5.74) is 1.26. The van der Waals surface area contributed by atoms with Crippen molar-refractivity contribution in [3.05, 3.63) is 39.9 Å². The number of rotatable bonds is 5. The summed E-state index contributed by atoms with van der Waals surface area (Å²) < 4.78 is 0. The van der Waals surface area contributed by atoms with E-state index in [1.54, 1.807) is 12.1 Å². The van der Waals surface area contributed by atoms with Crippen LogP contribution < -0.4 is 0 Å². The van der Waals surface area contributed by atoms with Gasteiger partial charge in [0.05, 0.1) is 4.92 Å². The average molecular weight is 208 g/mol. The maximum absolute atomic E-state index is 10.4. The molecular weight excluding hydrogens is 192 g/mol. The SMILES string of the molecule is CCCN(C)Cc1ccc([N+](=O)[O-])cc1. The Kier molecular flexibility index (Phi) is 4.24. The summed E-state index contributed by atoms with van der Waals surface area (Å²) in [6.07, 6.45) is 1.11. The second-order valence-electron chi connectivity index (χ2n) is 3.66. The lowest BCUT2D eigenvalue weighted by molar-refractivity contribution is -0.384. The van der Waals surface area contributed by atoms with Crippen LogP contribution in [0.3, 0.4) is 0 Å². The molecule has 0 aliphatic carbocycles. The van der Waals surface area contributed by atoms with Gasteiger partial charge in [-0.1, -0.05) is 19.1 Å². The summed E-state index contributed by atoms with van der Waals surface area (Å²) >= 11 is 0. The fourth-order valence-corrected chi connectivity index (χ4v) is 1.50. The van der Waals surface area contributed by atoms with Crippen LogP contribution in [0.5, 0.6) is 0 Å². The number of non-ortho nitro benzene ring substituents is 1. The van der Waals surface area contributed by atoms with E-state index >= 15 is 0 Å². The molecule has 0 amide bonds. The van der Waals surface area contributed by atoms with Crippen LogP contribution >= 0.6 is 0 Å². The zero-order chi connectivity index (χ0) is 11.3. The molecule has 4 heteroatoms. The Morgan fingerprint density at radius 1 is 1.33 bits per heavy atom. The molecule has 82 valence electrons. The molecular formula is C11H16N2O2. The van der Waals surface area contributed by atoms with Crippen LogP contribution in [0.25, 0.3) is 0 Å². The van der Waals surface area contributed by atoms with Gasteiger partial charge in [0.25, 0.3) is 5.69 Å². The van der Waals surface area contributed by atoms with Crippen LogP contribution in [-0.4, -0.2) is 23.4 Å². The van der Waals surface area contributed by atoms with Crippen molar-refractivity contribution in [1.82, 2.24) is 4.90 Å². The molecule has 0 unspecified atom stereocenters. The Hall–Kier alpha value is -1.42. The number of nitro groups is 1. The zero-order valence-electron chi connectivity index (χ0n) is 9.14. The summed E-state index contributed by atoms with van der Waals surface area (Å²) in [6, 6.07) is 6.72. The number of hydrogen-bond donors (Lipinski definition) is 0. The number of hydrogen-bond acceptors (Lipinski definition) is 3. The summed E-state index contributed by atoms with van der Waals surface area (Å²) in [6.45, 7) is 4.01. The third kappa shape index (κ3) is 3.67. The van der Waals surface area contributed by atoms with E-state index in [1.807, 2.05) is 19.2 Å². The van der Waals surface area contributed by atoms with Crippen LogP contribution in [0.15, 0.2) is 24.3 Å². The van der Waals surface area contributed by atoms with Gasteiger partial charge in [0, 0.05) is 18.7 Å². The van der Waals surface area contributed by atoms with Crippen LogP contribution in [0, 0.1) is 10.1 Å². The second-order valence-corrected chi connectivity index (χ2v) is 3.66. The van der Waals surface area contributed by atoms with Gasteiger partial charge in [0.1, 0.15) is 0 Å². The third-order valence-electron chi connectivity index (χ3n) is 2.20. The molecule has 1 aromatic rings. The molecule has 0 atom stereocenters. The number of benzene rings is 1. The predicted molar refractivity (Wildman–Crippen MR) is 59.7 cm³/mol. The topological polar surface area (TPSA) is 46.4 Å². The zero-order valence-corrected chi connectivity index (χ0v) is 9.14. The highest BCUT2D eigenvalue weighted by Crippen LogP contribution is 2.12. The van der Waals surface area contributed by atoms with Crippen LogP contribution in [0.4, 0.5) is 5.69 Å². The summed E-state index contributed by atoms with van der Waals surface area (Å²) in [7, 11) is 2.05. The molecule has 15 heavy (non-hydrogen) atoms. The Labute approximate surface area is 89.7 Å². The van der Waals surface area contributed by atoms with Crippen molar-refractivity contribution in [2.75, 3.05) is 13.6 Å². The molecule has 0 aliphatic rings. The molecule has 0 heterocycles. The van der Waals surface area contributed by atoms with E-state index in [4.69, 9.17) is 0 Å². The maximum atomic E-state index is 10.4. The lowest BCUT2D eigenvalue weighted by atomic mass is 10.2. The minimum absolute atomic E-state index is 0.150. The smallest absolute Gasteiger partial charge is 0.269 e. The third-order valence-corrected chi connectivity index (χ3v) is 2.20. The first-order valence-electron chi connectivity index (χ1n) is 5.05. The second kappa shape index (κ2) is 5.46. The normalized spacial score (nSPS) is 10.6. The van der Waals surface area contributed by atoms with Gasteiger partial charge in [-0.05, 0) is 25.6 Å². The maximum Gasteiger partial charge on any atom is 0.269 e. The first-order chi connectivity index (χ1) is 7.13. The molecule has 0 N–H and O–H groups in total. The van der Waals surface area contributed by atoms with Crippen molar-refractivity contribution < 1.29 is 4.92 Å². The van der Waals surface area contributed by atoms with Gasteiger partial charge in [-0.2, -0.15) is 0 Å². The molecule has 0 aliphatic heterocycles. The van der Waals surface area contributed by atoms with Crippen LogP contribution in [0.2, 0.25) is 0 Å². The molecule has 1 aromatic carbocycles. The Balaban J connectivity index is 2.60. The molecule has 0 spiro atoms. The van der Waals surface area contributed by atoms with Gasteiger partial charge in [0.2, 0.25) is 0 Å². The van der Waals surface area contributed by atoms with Crippen molar-refractivity contribution in [3.8, 4) is 0 Å². The molecule has 0 bridgehead atoms. The molecule has 0 saturated carbocycles. The first kappa shape index (κ1) is 11.7. The van der Waals surface area contributed by atoms with E-state index in [1.165, 1.54) is 0 Å². The highest BCUT2D eigenvalue weighted by Gasteiger charge is 2.04. The summed E-state index contributed by atoms with van der Waals surface area (Å²) in [4.78, 5) is 12.3. The van der Waals surface area contributed by atoms with E-state index in [2.05, 4.69) is 11.8 Å². The highest BCUT2D eigenvalue weighted by atomic mass is 16.6. The van der Waals surface area contributed by atoms with E-state index in [-0.39, 0.29) is 10.6 Å². The van der Waals surface area contributed by atoms with Gasteiger partial charge in [-0.25, -0.2) is 0 Å². The fraction of sp³-hybridized carbons (Fsp3) is 0.455. The van der Waals surface area contributed by atoms with E-state index in [0.29, 0.717) is 0 Å². The monoisotopic (exact) mass is 208 g/mol. The number of nitrogens with zero attached hydrogens (tertiary/aromatic N) is 2. The fourth-order valence-electron chi connectivity index (χ4n) is 1.50. The lowest BCUT2D eigenvalue weighted by Crippen LogP contribution is -2.18. The highest BCUT2D eigenvalue weighted by molar-refractivity contribution is 5.32.